The van der Waals surface area contributed by atoms with Crippen molar-refractivity contribution >= 4 is 6.03 Å². The minimum absolute atomic E-state index is 0.0531. The van der Waals surface area contributed by atoms with E-state index in [9.17, 15) is 4.79 Å². The number of benzene rings is 2. The zero-order chi connectivity index (χ0) is 20.0. The van der Waals surface area contributed by atoms with E-state index in [-0.39, 0.29) is 11.4 Å². The van der Waals surface area contributed by atoms with Gasteiger partial charge in [-0.1, -0.05) is 36.4 Å². The number of carbonyl (C=O) groups excluding carboxylic acids is 1. The van der Waals surface area contributed by atoms with Crippen LogP contribution in [0, 0.1) is 6.92 Å². The molecular weight excluding hydrogens is 352 g/mol. The van der Waals surface area contributed by atoms with Crippen molar-refractivity contribution in [2.45, 2.75) is 31.7 Å². The number of amides is 2. The third-order valence-corrected chi connectivity index (χ3v) is 5.75. The predicted octanol–water partition coefficient (Wildman–Crippen LogP) is 3.89. The second kappa shape index (κ2) is 9.11. The highest BCUT2D eigenvalue weighted by molar-refractivity contribution is 5.74. The van der Waals surface area contributed by atoms with Crippen molar-refractivity contribution in [3.8, 4) is 5.75 Å². The van der Waals surface area contributed by atoms with Gasteiger partial charge < -0.3 is 19.7 Å². The second-order valence-corrected chi connectivity index (χ2v) is 7.56. The Hall–Kier alpha value is -2.53. The Morgan fingerprint density at radius 2 is 1.82 bits per heavy atom. The fraction of sp³-hybridized carbons (Fsp3) is 0.435. The molecule has 0 radical (unpaired) electrons. The van der Waals surface area contributed by atoms with E-state index in [0.717, 1.165) is 24.2 Å². The standard InChI is InChI=1S/C23H30N2O3/c1-18-6-4-5-7-19(18)16-25(2)22(26)24-17-23(12-14-28-15-13-23)20-8-10-21(27-3)11-9-20/h4-11H,12-17H2,1-3H3,(H,24,26). The second-order valence-electron chi connectivity index (χ2n) is 7.56. The Morgan fingerprint density at radius 3 is 2.46 bits per heavy atom. The topological polar surface area (TPSA) is 50.8 Å². The summed E-state index contributed by atoms with van der Waals surface area (Å²) < 4.78 is 10.9. The fourth-order valence-electron chi connectivity index (χ4n) is 3.77. The summed E-state index contributed by atoms with van der Waals surface area (Å²) in [6, 6.07) is 16.3. The Morgan fingerprint density at radius 1 is 1.14 bits per heavy atom. The van der Waals surface area contributed by atoms with Gasteiger partial charge in [0.1, 0.15) is 5.75 Å². The molecule has 0 unspecified atom stereocenters. The number of nitrogens with one attached hydrogen (secondary N) is 1. The van der Waals surface area contributed by atoms with Gasteiger partial charge in [0, 0.05) is 38.8 Å². The number of nitrogens with zero attached hydrogens (tertiary/aromatic N) is 1. The summed E-state index contributed by atoms with van der Waals surface area (Å²) in [7, 11) is 3.51. The van der Waals surface area contributed by atoms with Gasteiger partial charge in [-0.25, -0.2) is 4.79 Å². The van der Waals surface area contributed by atoms with Gasteiger partial charge in [0.25, 0.3) is 0 Å². The van der Waals surface area contributed by atoms with E-state index in [2.05, 4.69) is 36.5 Å². The van der Waals surface area contributed by atoms with Crippen LogP contribution in [0.3, 0.4) is 0 Å². The monoisotopic (exact) mass is 382 g/mol. The molecule has 1 fully saturated rings. The van der Waals surface area contributed by atoms with Gasteiger partial charge in [-0.15, -0.1) is 0 Å². The third-order valence-electron chi connectivity index (χ3n) is 5.75. The first-order chi connectivity index (χ1) is 13.5. The predicted molar refractivity (Wildman–Crippen MR) is 111 cm³/mol. The maximum absolute atomic E-state index is 12.7. The van der Waals surface area contributed by atoms with Gasteiger partial charge in [-0.05, 0) is 48.6 Å². The molecule has 0 bridgehead atoms. The quantitative estimate of drug-likeness (QED) is 0.825. The molecule has 0 saturated carbocycles. The molecule has 0 aromatic heterocycles. The third kappa shape index (κ3) is 4.65. The lowest BCUT2D eigenvalue weighted by Gasteiger charge is -2.38. The molecule has 5 nitrogen and oxygen atoms in total. The Labute approximate surface area is 167 Å². The number of hydrogen-bond donors (Lipinski definition) is 1. The smallest absolute Gasteiger partial charge is 0.317 e. The lowest BCUT2D eigenvalue weighted by Crippen LogP contribution is -2.47. The van der Waals surface area contributed by atoms with Crippen LogP contribution < -0.4 is 10.1 Å². The van der Waals surface area contributed by atoms with E-state index < -0.39 is 0 Å². The van der Waals surface area contributed by atoms with Gasteiger partial charge in [0.05, 0.1) is 7.11 Å². The van der Waals surface area contributed by atoms with Gasteiger partial charge in [-0.3, -0.25) is 0 Å². The zero-order valence-corrected chi connectivity index (χ0v) is 17.0. The van der Waals surface area contributed by atoms with Crippen LogP contribution in [0.15, 0.2) is 48.5 Å². The highest BCUT2D eigenvalue weighted by Crippen LogP contribution is 2.35. The molecule has 2 aromatic rings. The lowest BCUT2D eigenvalue weighted by atomic mass is 9.74. The molecule has 0 aliphatic carbocycles. The molecule has 1 aliphatic rings. The number of carbonyl (C=O) groups is 1. The molecule has 0 atom stereocenters. The molecule has 1 aliphatic heterocycles. The summed E-state index contributed by atoms with van der Waals surface area (Å²) in [6.45, 7) is 4.68. The summed E-state index contributed by atoms with van der Waals surface area (Å²) in [5.41, 5.74) is 3.47. The average molecular weight is 383 g/mol. The molecule has 28 heavy (non-hydrogen) atoms. The van der Waals surface area contributed by atoms with Crippen LogP contribution in [0.25, 0.3) is 0 Å². The first-order valence-corrected chi connectivity index (χ1v) is 9.80. The van der Waals surface area contributed by atoms with Crippen molar-refractivity contribution in [2.75, 3.05) is 33.9 Å². The normalized spacial score (nSPS) is 15.7. The minimum Gasteiger partial charge on any atom is -0.497 e. The van der Waals surface area contributed by atoms with E-state index in [0.29, 0.717) is 26.3 Å². The van der Waals surface area contributed by atoms with Crippen molar-refractivity contribution in [1.29, 1.82) is 0 Å². The number of aryl methyl sites for hydroxylation is 1. The van der Waals surface area contributed by atoms with Crippen molar-refractivity contribution in [3.63, 3.8) is 0 Å². The average Bonchev–Trinajstić information content (AvgIpc) is 2.74. The number of rotatable bonds is 6. The van der Waals surface area contributed by atoms with Crippen molar-refractivity contribution in [1.82, 2.24) is 10.2 Å². The first kappa shape index (κ1) is 20.2. The van der Waals surface area contributed by atoms with Gasteiger partial charge in [0.2, 0.25) is 0 Å². The molecule has 3 rings (SSSR count). The number of hydrogen-bond acceptors (Lipinski definition) is 3. The summed E-state index contributed by atoms with van der Waals surface area (Å²) in [5.74, 6) is 0.841. The van der Waals surface area contributed by atoms with Crippen molar-refractivity contribution in [3.05, 3.63) is 65.2 Å². The number of methoxy groups -OCH3 is 1. The maximum Gasteiger partial charge on any atom is 0.317 e. The summed E-state index contributed by atoms with van der Waals surface area (Å²) >= 11 is 0. The molecule has 1 saturated heterocycles. The Kier molecular flexibility index (Phi) is 6.57. The summed E-state index contributed by atoms with van der Waals surface area (Å²) in [5, 5.41) is 3.16. The van der Waals surface area contributed by atoms with E-state index >= 15 is 0 Å². The van der Waals surface area contributed by atoms with E-state index in [4.69, 9.17) is 9.47 Å². The van der Waals surface area contributed by atoms with Crippen LogP contribution in [0.2, 0.25) is 0 Å². The molecule has 1 heterocycles. The molecule has 0 spiro atoms. The van der Waals surface area contributed by atoms with Crippen LogP contribution in [0.4, 0.5) is 4.79 Å². The van der Waals surface area contributed by atoms with Crippen LogP contribution in [0.1, 0.15) is 29.5 Å². The maximum atomic E-state index is 12.7. The fourth-order valence-corrected chi connectivity index (χ4v) is 3.77. The van der Waals surface area contributed by atoms with Gasteiger partial charge in [0.15, 0.2) is 0 Å². The van der Waals surface area contributed by atoms with Crippen LogP contribution in [-0.4, -0.2) is 44.8 Å². The van der Waals surface area contributed by atoms with E-state index in [1.165, 1.54) is 11.1 Å². The number of ether oxygens (including phenoxy) is 2. The minimum atomic E-state index is -0.107. The largest absolute Gasteiger partial charge is 0.497 e. The molecule has 150 valence electrons. The van der Waals surface area contributed by atoms with E-state index in [1.807, 2.05) is 31.3 Å². The molecule has 1 N–H and O–H groups in total. The lowest BCUT2D eigenvalue weighted by molar-refractivity contribution is 0.0502. The van der Waals surface area contributed by atoms with Gasteiger partial charge in [-0.2, -0.15) is 0 Å². The van der Waals surface area contributed by atoms with Gasteiger partial charge >= 0.3 is 6.03 Å². The van der Waals surface area contributed by atoms with E-state index in [1.54, 1.807) is 12.0 Å². The van der Waals surface area contributed by atoms with Crippen molar-refractivity contribution < 1.29 is 14.3 Å². The molecule has 2 amide bonds. The highest BCUT2D eigenvalue weighted by atomic mass is 16.5. The highest BCUT2D eigenvalue weighted by Gasteiger charge is 2.35. The summed E-state index contributed by atoms with van der Waals surface area (Å²) in [4.78, 5) is 14.5. The molecule has 2 aromatic carbocycles. The Balaban J connectivity index is 1.67. The Bertz CT molecular complexity index is 783. The van der Waals surface area contributed by atoms with Crippen LogP contribution >= 0.6 is 0 Å². The summed E-state index contributed by atoms with van der Waals surface area (Å²) in [6.07, 6.45) is 1.78. The zero-order valence-electron chi connectivity index (χ0n) is 17.0. The SMILES string of the molecule is COc1ccc(C2(CNC(=O)N(C)Cc3ccccc3C)CCOCC2)cc1. The van der Waals surface area contributed by atoms with Crippen molar-refractivity contribution in [2.24, 2.45) is 0 Å². The first-order valence-electron chi connectivity index (χ1n) is 9.80. The molecule has 5 heteroatoms. The van der Waals surface area contributed by atoms with Crippen LogP contribution in [0.5, 0.6) is 5.75 Å². The van der Waals surface area contributed by atoms with Crippen LogP contribution in [-0.2, 0) is 16.7 Å². The number of urea groups is 1. The molecular formula is C23H30N2O3.